The number of hydrogen-bond donors (Lipinski definition) is 2. The Kier molecular flexibility index (Phi) is 6.36. The van der Waals surface area contributed by atoms with Crippen molar-refractivity contribution in [2.45, 2.75) is 26.7 Å². The highest BCUT2D eigenvalue weighted by Crippen LogP contribution is 2.19. The zero-order chi connectivity index (χ0) is 14.3. The van der Waals surface area contributed by atoms with Gasteiger partial charge in [-0.3, -0.25) is 4.79 Å². The Morgan fingerprint density at radius 3 is 2.84 bits per heavy atom. The average molecular weight is 264 g/mol. The molecule has 19 heavy (non-hydrogen) atoms. The summed E-state index contributed by atoms with van der Waals surface area (Å²) >= 11 is 0. The highest BCUT2D eigenvalue weighted by atomic mass is 16.5. The minimum absolute atomic E-state index is 0.0237. The van der Waals surface area contributed by atoms with Crippen molar-refractivity contribution in [2.75, 3.05) is 20.2 Å². The van der Waals surface area contributed by atoms with Crippen LogP contribution in [0.3, 0.4) is 0 Å². The van der Waals surface area contributed by atoms with E-state index >= 15 is 0 Å². The first kappa shape index (κ1) is 15.5. The lowest BCUT2D eigenvalue weighted by Crippen LogP contribution is -2.32. The summed E-state index contributed by atoms with van der Waals surface area (Å²) < 4.78 is 5.31. The summed E-state index contributed by atoms with van der Waals surface area (Å²) in [7, 11) is 1.66. The summed E-state index contributed by atoms with van der Waals surface area (Å²) in [6.07, 6.45) is 1.49. The summed E-state index contributed by atoms with van der Waals surface area (Å²) in [6, 6.07) is 6.07. The van der Waals surface area contributed by atoms with Gasteiger partial charge in [0.1, 0.15) is 5.75 Å². The minimum Gasteiger partial charge on any atom is -0.496 e. The number of methoxy groups -OCH3 is 1. The SMILES string of the molecule is COc1ccc(C)cc1CCNC(=O)C(C)CCN. The van der Waals surface area contributed by atoms with Gasteiger partial charge < -0.3 is 15.8 Å². The van der Waals surface area contributed by atoms with E-state index in [0.717, 1.165) is 24.2 Å². The molecule has 4 heteroatoms. The van der Waals surface area contributed by atoms with E-state index < -0.39 is 0 Å². The van der Waals surface area contributed by atoms with Gasteiger partial charge in [0.25, 0.3) is 0 Å². The second kappa shape index (κ2) is 7.79. The van der Waals surface area contributed by atoms with E-state index in [4.69, 9.17) is 10.5 Å². The van der Waals surface area contributed by atoms with Crippen LogP contribution in [-0.2, 0) is 11.2 Å². The molecule has 106 valence electrons. The molecule has 0 fully saturated rings. The highest BCUT2D eigenvalue weighted by Gasteiger charge is 2.11. The van der Waals surface area contributed by atoms with E-state index in [0.29, 0.717) is 13.1 Å². The molecule has 1 amide bonds. The number of rotatable bonds is 7. The molecule has 0 saturated heterocycles. The van der Waals surface area contributed by atoms with E-state index in [1.807, 2.05) is 26.0 Å². The predicted molar refractivity (Wildman–Crippen MR) is 77.3 cm³/mol. The van der Waals surface area contributed by atoms with Gasteiger partial charge in [-0.2, -0.15) is 0 Å². The summed E-state index contributed by atoms with van der Waals surface area (Å²) in [6.45, 7) is 5.11. The highest BCUT2D eigenvalue weighted by molar-refractivity contribution is 5.78. The first-order chi connectivity index (χ1) is 9.08. The average Bonchev–Trinajstić information content (AvgIpc) is 2.39. The van der Waals surface area contributed by atoms with Crippen molar-refractivity contribution in [3.63, 3.8) is 0 Å². The number of carbonyl (C=O) groups is 1. The van der Waals surface area contributed by atoms with Gasteiger partial charge in [0.2, 0.25) is 5.91 Å². The molecule has 0 aliphatic heterocycles. The third-order valence-corrected chi connectivity index (χ3v) is 3.18. The molecule has 3 N–H and O–H groups in total. The van der Waals surface area contributed by atoms with Crippen LogP contribution in [0, 0.1) is 12.8 Å². The lowest BCUT2D eigenvalue weighted by Gasteiger charge is -2.13. The fraction of sp³-hybridized carbons (Fsp3) is 0.533. The summed E-state index contributed by atoms with van der Waals surface area (Å²) in [5.41, 5.74) is 7.76. The normalized spacial score (nSPS) is 12.0. The van der Waals surface area contributed by atoms with Gasteiger partial charge in [-0.25, -0.2) is 0 Å². The number of hydrogen-bond acceptors (Lipinski definition) is 3. The Bertz CT molecular complexity index is 419. The van der Waals surface area contributed by atoms with Gasteiger partial charge in [0.15, 0.2) is 0 Å². The number of carbonyl (C=O) groups excluding carboxylic acids is 1. The Morgan fingerprint density at radius 1 is 1.47 bits per heavy atom. The molecule has 0 aliphatic carbocycles. The van der Waals surface area contributed by atoms with Crippen molar-refractivity contribution in [1.82, 2.24) is 5.32 Å². The van der Waals surface area contributed by atoms with Crippen molar-refractivity contribution in [3.05, 3.63) is 29.3 Å². The molecule has 1 aromatic carbocycles. The first-order valence-electron chi connectivity index (χ1n) is 6.69. The Balaban J connectivity index is 2.49. The standard InChI is InChI=1S/C15H24N2O2/c1-11-4-5-14(19-3)13(10-11)7-9-17-15(18)12(2)6-8-16/h4-5,10,12H,6-9,16H2,1-3H3,(H,17,18). The smallest absolute Gasteiger partial charge is 0.222 e. The van der Waals surface area contributed by atoms with Crippen LogP contribution in [0.1, 0.15) is 24.5 Å². The monoisotopic (exact) mass is 264 g/mol. The van der Waals surface area contributed by atoms with Crippen LogP contribution in [0.4, 0.5) is 0 Å². The van der Waals surface area contributed by atoms with Crippen LogP contribution in [0.5, 0.6) is 5.75 Å². The molecule has 4 nitrogen and oxygen atoms in total. The number of ether oxygens (including phenoxy) is 1. The molecule has 0 aliphatic rings. The molecule has 0 radical (unpaired) electrons. The Labute approximate surface area is 115 Å². The second-order valence-corrected chi connectivity index (χ2v) is 4.83. The zero-order valence-electron chi connectivity index (χ0n) is 12.0. The number of aryl methyl sites for hydroxylation is 1. The van der Waals surface area contributed by atoms with Crippen LogP contribution in [0.15, 0.2) is 18.2 Å². The van der Waals surface area contributed by atoms with E-state index in [-0.39, 0.29) is 11.8 Å². The number of benzene rings is 1. The van der Waals surface area contributed by atoms with Crippen LogP contribution in [-0.4, -0.2) is 26.1 Å². The van der Waals surface area contributed by atoms with Crippen molar-refractivity contribution < 1.29 is 9.53 Å². The third-order valence-electron chi connectivity index (χ3n) is 3.18. The largest absolute Gasteiger partial charge is 0.496 e. The lowest BCUT2D eigenvalue weighted by molar-refractivity contribution is -0.124. The van der Waals surface area contributed by atoms with Crippen molar-refractivity contribution in [1.29, 1.82) is 0 Å². The van der Waals surface area contributed by atoms with Crippen molar-refractivity contribution >= 4 is 5.91 Å². The molecule has 0 heterocycles. The predicted octanol–water partition coefficient (Wildman–Crippen LogP) is 1.65. The van der Waals surface area contributed by atoms with Crippen LogP contribution < -0.4 is 15.8 Å². The number of amides is 1. The first-order valence-corrected chi connectivity index (χ1v) is 6.69. The molecule has 0 bridgehead atoms. The molecule has 1 aromatic rings. The minimum atomic E-state index is -0.0237. The van der Waals surface area contributed by atoms with Gasteiger partial charge in [0.05, 0.1) is 7.11 Å². The van der Waals surface area contributed by atoms with Gasteiger partial charge in [0, 0.05) is 12.5 Å². The van der Waals surface area contributed by atoms with E-state index in [1.54, 1.807) is 7.11 Å². The quantitative estimate of drug-likeness (QED) is 0.787. The summed E-state index contributed by atoms with van der Waals surface area (Å²) in [5, 5.41) is 2.94. The van der Waals surface area contributed by atoms with Crippen LogP contribution in [0.25, 0.3) is 0 Å². The summed E-state index contributed by atoms with van der Waals surface area (Å²) in [4.78, 5) is 11.7. The van der Waals surface area contributed by atoms with Gasteiger partial charge in [-0.1, -0.05) is 24.6 Å². The molecular weight excluding hydrogens is 240 g/mol. The molecule has 1 unspecified atom stereocenters. The van der Waals surface area contributed by atoms with E-state index in [1.165, 1.54) is 5.56 Å². The molecule has 0 aromatic heterocycles. The molecule has 0 spiro atoms. The fourth-order valence-electron chi connectivity index (χ4n) is 1.98. The van der Waals surface area contributed by atoms with Gasteiger partial charge in [-0.05, 0) is 37.9 Å². The fourth-order valence-corrected chi connectivity index (χ4v) is 1.98. The maximum absolute atomic E-state index is 11.7. The topological polar surface area (TPSA) is 64.3 Å². The Hall–Kier alpha value is -1.55. The van der Waals surface area contributed by atoms with E-state index in [9.17, 15) is 4.79 Å². The molecular formula is C15H24N2O2. The zero-order valence-corrected chi connectivity index (χ0v) is 12.0. The van der Waals surface area contributed by atoms with Crippen LogP contribution >= 0.6 is 0 Å². The maximum atomic E-state index is 11.7. The molecule has 0 saturated carbocycles. The van der Waals surface area contributed by atoms with Crippen molar-refractivity contribution in [3.8, 4) is 5.75 Å². The van der Waals surface area contributed by atoms with Gasteiger partial charge in [-0.15, -0.1) is 0 Å². The second-order valence-electron chi connectivity index (χ2n) is 4.83. The van der Waals surface area contributed by atoms with Crippen molar-refractivity contribution in [2.24, 2.45) is 11.7 Å². The lowest BCUT2D eigenvalue weighted by atomic mass is 10.1. The molecule has 1 atom stereocenters. The van der Waals surface area contributed by atoms with Crippen LogP contribution in [0.2, 0.25) is 0 Å². The maximum Gasteiger partial charge on any atom is 0.222 e. The number of nitrogens with two attached hydrogens (primary N) is 1. The Morgan fingerprint density at radius 2 is 2.21 bits per heavy atom. The number of nitrogens with one attached hydrogen (secondary N) is 1. The molecule has 1 rings (SSSR count). The third kappa shape index (κ3) is 4.91. The summed E-state index contributed by atoms with van der Waals surface area (Å²) in [5.74, 6) is 0.913. The van der Waals surface area contributed by atoms with Gasteiger partial charge >= 0.3 is 0 Å². The van der Waals surface area contributed by atoms with E-state index in [2.05, 4.69) is 11.4 Å².